The van der Waals surface area contributed by atoms with Gasteiger partial charge in [0.1, 0.15) is 6.07 Å². The number of nitrogens with one attached hydrogen (secondary N) is 1. The molecule has 0 bridgehead atoms. The third-order valence-electron chi connectivity index (χ3n) is 1.15. The van der Waals surface area contributed by atoms with Crippen molar-refractivity contribution in [2.24, 2.45) is 11.7 Å². The van der Waals surface area contributed by atoms with Gasteiger partial charge in [-0.05, 0) is 5.92 Å². The zero-order valence-electron chi connectivity index (χ0n) is 6.18. The summed E-state index contributed by atoms with van der Waals surface area (Å²) in [5, 5.41) is 15.7. The van der Waals surface area contributed by atoms with Crippen molar-refractivity contribution in [2.75, 3.05) is 0 Å². The van der Waals surface area contributed by atoms with E-state index in [1.807, 2.05) is 19.9 Å². The van der Waals surface area contributed by atoms with Crippen molar-refractivity contribution in [3.8, 4) is 6.07 Å². The first-order valence-corrected chi connectivity index (χ1v) is 3.04. The average Bonchev–Trinajstić information content (AvgIpc) is 1.90. The molecule has 0 aromatic rings. The smallest absolute Gasteiger partial charge is 0.103 e. The van der Waals surface area contributed by atoms with Gasteiger partial charge in [0, 0.05) is 6.20 Å². The van der Waals surface area contributed by atoms with Crippen molar-refractivity contribution in [2.45, 2.75) is 13.8 Å². The van der Waals surface area contributed by atoms with E-state index in [0.717, 1.165) is 0 Å². The van der Waals surface area contributed by atoms with Gasteiger partial charge in [-0.15, -0.1) is 0 Å². The Bertz CT molecular complexity index is 195. The van der Waals surface area contributed by atoms with E-state index < -0.39 is 0 Å². The van der Waals surface area contributed by atoms with E-state index in [0.29, 0.717) is 5.71 Å². The van der Waals surface area contributed by atoms with Gasteiger partial charge in [-0.1, -0.05) is 13.8 Å². The maximum absolute atomic E-state index is 8.41. The van der Waals surface area contributed by atoms with Crippen LogP contribution in [-0.4, -0.2) is 5.71 Å². The summed E-state index contributed by atoms with van der Waals surface area (Å²) in [4.78, 5) is 0. The molecule has 0 unspecified atom stereocenters. The second-order valence-corrected chi connectivity index (χ2v) is 2.26. The summed E-state index contributed by atoms with van der Waals surface area (Å²) >= 11 is 0. The van der Waals surface area contributed by atoms with Gasteiger partial charge in [0.2, 0.25) is 0 Å². The van der Waals surface area contributed by atoms with E-state index in [9.17, 15) is 0 Å². The monoisotopic (exact) mass is 137 g/mol. The fourth-order valence-electron chi connectivity index (χ4n) is 0.498. The Labute approximate surface area is 60.7 Å². The summed E-state index contributed by atoms with van der Waals surface area (Å²) in [6, 6.07) is 1.84. The van der Waals surface area contributed by atoms with E-state index in [4.69, 9.17) is 16.4 Å². The Morgan fingerprint density at radius 1 is 1.70 bits per heavy atom. The Kier molecular flexibility index (Phi) is 3.20. The minimum Gasteiger partial charge on any atom is -0.403 e. The van der Waals surface area contributed by atoms with Gasteiger partial charge in [-0.3, -0.25) is 0 Å². The maximum Gasteiger partial charge on any atom is 0.103 e. The molecule has 3 N–H and O–H groups in total. The van der Waals surface area contributed by atoms with Crippen molar-refractivity contribution >= 4 is 5.71 Å². The number of nitrogens with two attached hydrogens (primary N) is 1. The molecule has 0 saturated carbocycles. The van der Waals surface area contributed by atoms with Gasteiger partial charge in [0.15, 0.2) is 0 Å². The summed E-state index contributed by atoms with van der Waals surface area (Å²) in [5.41, 5.74) is 5.65. The molecule has 10 heavy (non-hydrogen) atoms. The topological polar surface area (TPSA) is 73.7 Å². The molecule has 54 valence electrons. The minimum absolute atomic E-state index is 0.0643. The van der Waals surface area contributed by atoms with Gasteiger partial charge in [-0.2, -0.15) is 5.26 Å². The number of allylic oxidation sites excluding steroid dienone is 1. The van der Waals surface area contributed by atoms with Crippen molar-refractivity contribution < 1.29 is 0 Å². The standard InChI is InChI=1S/C7H11N3/c1-5(2)7(10)6(3-8)4-9/h3,5,10H,8H2,1-2H3/b6-3-,10-7?. The Morgan fingerprint density at radius 2 is 2.20 bits per heavy atom. The number of nitrogens with zero attached hydrogens (tertiary/aromatic N) is 1. The highest BCUT2D eigenvalue weighted by molar-refractivity contribution is 6.02. The van der Waals surface area contributed by atoms with Crippen LogP contribution in [-0.2, 0) is 0 Å². The molecule has 0 atom stereocenters. The van der Waals surface area contributed by atoms with Crippen molar-refractivity contribution in [3.05, 3.63) is 11.8 Å². The molecule has 0 amide bonds. The van der Waals surface area contributed by atoms with Crippen LogP contribution in [0.25, 0.3) is 0 Å². The molecule has 0 heterocycles. The Hall–Kier alpha value is -1.30. The molecular formula is C7H11N3. The fraction of sp³-hybridized carbons (Fsp3) is 0.429. The van der Waals surface area contributed by atoms with Gasteiger partial charge in [0.05, 0.1) is 11.3 Å². The molecule has 0 aromatic heterocycles. The molecular weight excluding hydrogens is 126 g/mol. The van der Waals surface area contributed by atoms with Crippen LogP contribution in [0.3, 0.4) is 0 Å². The number of hydrogen-bond acceptors (Lipinski definition) is 3. The predicted octanol–water partition coefficient (Wildman–Crippen LogP) is 1.03. The zero-order chi connectivity index (χ0) is 8.15. The normalized spacial score (nSPS) is 11.2. The summed E-state index contributed by atoms with van der Waals surface area (Å²) < 4.78 is 0. The summed E-state index contributed by atoms with van der Waals surface area (Å²) in [6.07, 6.45) is 1.17. The molecule has 3 nitrogen and oxygen atoms in total. The zero-order valence-corrected chi connectivity index (χ0v) is 6.18. The molecule has 0 aliphatic heterocycles. The van der Waals surface area contributed by atoms with E-state index >= 15 is 0 Å². The summed E-state index contributed by atoms with van der Waals surface area (Å²) in [7, 11) is 0. The summed E-state index contributed by atoms with van der Waals surface area (Å²) in [5.74, 6) is 0.0643. The lowest BCUT2D eigenvalue weighted by Crippen LogP contribution is -2.09. The second kappa shape index (κ2) is 3.67. The highest BCUT2D eigenvalue weighted by atomic mass is 14.5. The van der Waals surface area contributed by atoms with Crippen LogP contribution in [0.1, 0.15) is 13.8 Å². The summed E-state index contributed by atoms with van der Waals surface area (Å²) in [6.45, 7) is 3.70. The van der Waals surface area contributed by atoms with Gasteiger partial charge < -0.3 is 11.1 Å². The Balaban J connectivity index is 4.38. The van der Waals surface area contributed by atoms with Crippen molar-refractivity contribution in [1.29, 1.82) is 10.7 Å². The van der Waals surface area contributed by atoms with Gasteiger partial charge in [0.25, 0.3) is 0 Å². The largest absolute Gasteiger partial charge is 0.403 e. The quantitative estimate of drug-likeness (QED) is 0.440. The lowest BCUT2D eigenvalue weighted by molar-refractivity contribution is 0.877. The third-order valence-corrected chi connectivity index (χ3v) is 1.15. The average molecular weight is 137 g/mol. The first-order chi connectivity index (χ1) is 4.63. The van der Waals surface area contributed by atoms with E-state index in [2.05, 4.69) is 0 Å². The SMILES string of the molecule is CC(C)C(=N)/C(C#N)=C\N. The lowest BCUT2D eigenvalue weighted by atomic mass is 10.0. The molecule has 0 rings (SSSR count). The number of rotatable bonds is 2. The van der Waals surface area contributed by atoms with Crippen LogP contribution in [0.15, 0.2) is 11.8 Å². The maximum atomic E-state index is 8.41. The molecule has 0 aliphatic rings. The van der Waals surface area contributed by atoms with Gasteiger partial charge in [-0.25, -0.2) is 0 Å². The van der Waals surface area contributed by atoms with E-state index in [1.54, 1.807) is 0 Å². The lowest BCUT2D eigenvalue weighted by Gasteiger charge is -2.03. The van der Waals surface area contributed by atoms with Crippen LogP contribution >= 0.6 is 0 Å². The molecule has 0 spiro atoms. The number of nitriles is 1. The molecule has 0 fully saturated rings. The second-order valence-electron chi connectivity index (χ2n) is 2.26. The molecule has 0 radical (unpaired) electrons. The number of hydrogen-bond donors (Lipinski definition) is 2. The van der Waals surface area contributed by atoms with Crippen LogP contribution in [0.2, 0.25) is 0 Å². The molecule has 0 aromatic carbocycles. The van der Waals surface area contributed by atoms with Crippen LogP contribution in [0.5, 0.6) is 0 Å². The van der Waals surface area contributed by atoms with Crippen LogP contribution in [0, 0.1) is 22.7 Å². The molecule has 0 aliphatic carbocycles. The van der Waals surface area contributed by atoms with E-state index in [1.165, 1.54) is 6.20 Å². The van der Waals surface area contributed by atoms with Gasteiger partial charge >= 0.3 is 0 Å². The first kappa shape index (κ1) is 8.70. The predicted molar refractivity (Wildman–Crippen MR) is 40.4 cm³/mol. The van der Waals surface area contributed by atoms with Crippen LogP contribution in [0.4, 0.5) is 0 Å². The fourth-order valence-corrected chi connectivity index (χ4v) is 0.498. The van der Waals surface area contributed by atoms with Crippen molar-refractivity contribution in [3.63, 3.8) is 0 Å². The Morgan fingerprint density at radius 3 is 2.30 bits per heavy atom. The first-order valence-electron chi connectivity index (χ1n) is 3.04. The van der Waals surface area contributed by atoms with Crippen LogP contribution < -0.4 is 5.73 Å². The minimum atomic E-state index is 0.0643. The molecule has 3 heteroatoms. The van der Waals surface area contributed by atoms with E-state index in [-0.39, 0.29) is 11.5 Å². The highest BCUT2D eigenvalue weighted by Crippen LogP contribution is 2.03. The molecule has 0 saturated heterocycles. The highest BCUT2D eigenvalue weighted by Gasteiger charge is 2.06. The van der Waals surface area contributed by atoms with Crippen molar-refractivity contribution in [1.82, 2.24) is 0 Å². The third kappa shape index (κ3) is 1.90.